The molecule has 13 heavy (non-hydrogen) atoms. The minimum Gasteiger partial charge on any atom is -0.481 e. The molecule has 2 atom stereocenters. The number of carboxylic acids is 1. The summed E-state index contributed by atoms with van der Waals surface area (Å²) >= 11 is 0. The van der Waals surface area contributed by atoms with Crippen molar-refractivity contribution in [3.05, 3.63) is 11.7 Å². The quantitative estimate of drug-likeness (QED) is 0.657. The zero-order valence-electron chi connectivity index (χ0n) is 6.96. The number of hydrogen-bond acceptors (Lipinski definition) is 2. The van der Waals surface area contributed by atoms with Crippen molar-refractivity contribution in [1.82, 2.24) is 0 Å². The van der Waals surface area contributed by atoms with Crippen molar-refractivity contribution in [3.8, 4) is 0 Å². The largest absolute Gasteiger partial charge is 0.481 e. The first kappa shape index (κ1) is 10.1. The number of carboxylic acid groups (broad SMARTS) is 1. The van der Waals surface area contributed by atoms with Gasteiger partial charge in [-0.3, -0.25) is 4.79 Å². The Kier molecular flexibility index (Phi) is 2.98. The molecule has 0 bridgehead atoms. The van der Waals surface area contributed by atoms with Gasteiger partial charge in [0.15, 0.2) is 0 Å². The van der Waals surface area contributed by atoms with Gasteiger partial charge in [0.1, 0.15) is 0 Å². The van der Waals surface area contributed by atoms with Gasteiger partial charge >= 0.3 is 5.97 Å². The van der Waals surface area contributed by atoms with E-state index in [-0.39, 0.29) is 24.8 Å². The number of carbonyl (C=O) groups is 1. The summed E-state index contributed by atoms with van der Waals surface area (Å²) in [7, 11) is 0. The van der Waals surface area contributed by atoms with Crippen LogP contribution >= 0.6 is 0 Å². The zero-order valence-corrected chi connectivity index (χ0v) is 6.96. The van der Waals surface area contributed by atoms with Crippen LogP contribution in [0.5, 0.6) is 0 Å². The van der Waals surface area contributed by atoms with Crippen LogP contribution in [0.4, 0.5) is 8.78 Å². The summed E-state index contributed by atoms with van der Waals surface area (Å²) in [5.41, 5.74) is 5.32. The van der Waals surface area contributed by atoms with Crippen LogP contribution in [0.25, 0.3) is 0 Å². The summed E-state index contributed by atoms with van der Waals surface area (Å²) in [6.45, 7) is 0. The van der Waals surface area contributed by atoms with Crippen LogP contribution < -0.4 is 5.73 Å². The van der Waals surface area contributed by atoms with Crippen molar-refractivity contribution in [2.75, 3.05) is 0 Å². The third kappa shape index (κ3) is 2.24. The van der Waals surface area contributed by atoms with Gasteiger partial charge in [0.25, 0.3) is 6.08 Å². The van der Waals surface area contributed by atoms with Gasteiger partial charge < -0.3 is 10.8 Å². The molecule has 1 rings (SSSR count). The first-order valence-corrected chi connectivity index (χ1v) is 4.04. The van der Waals surface area contributed by atoms with Gasteiger partial charge in [-0.2, -0.15) is 8.78 Å². The van der Waals surface area contributed by atoms with Gasteiger partial charge in [-0.1, -0.05) is 0 Å². The van der Waals surface area contributed by atoms with Crippen molar-refractivity contribution in [3.63, 3.8) is 0 Å². The average molecular weight is 191 g/mol. The molecule has 0 aliphatic heterocycles. The Morgan fingerprint density at radius 1 is 1.54 bits per heavy atom. The fourth-order valence-electron chi connectivity index (χ4n) is 1.54. The smallest absolute Gasteiger partial charge is 0.306 e. The lowest BCUT2D eigenvalue weighted by atomic mass is 9.83. The van der Waals surface area contributed by atoms with E-state index in [1.165, 1.54) is 0 Å². The summed E-state index contributed by atoms with van der Waals surface area (Å²) < 4.78 is 24.3. The van der Waals surface area contributed by atoms with E-state index in [4.69, 9.17) is 10.8 Å². The van der Waals surface area contributed by atoms with Gasteiger partial charge in [-0.15, -0.1) is 0 Å². The van der Waals surface area contributed by atoms with E-state index in [9.17, 15) is 13.6 Å². The second-order valence-electron chi connectivity index (χ2n) is 3.20. The molecule has 0 unspecified atom stereocenters. The molecule has 1 saturated carbocycles. The highest BCUT2D eigenvalue weighted by molar-refractivity contribution is 5.70. The van der Waals surface area contributed by atoms with Gasteiger partial charge in [-0.25, -0.2) is 0 Å². The predicted octanol–water partition coefficient (Wildman–Crippen LogP) is 1.35. The molecule has 1 aliphatic carbocycles. The molecular weight excluding hydrogens is 180 g/mol. The predicted molar refractivity (Wildman–Crippen MR) is 42.2 cm³/mol. The van der Waals surface area contributed by atoms with Crippen LogP contribution in [0.15, 0.2) is 11.7 Å². The number of hydrogen-bond donors (Lipinski definition) is 2. The summed E-state index contributed by atoms with van der Waals surface area (Å²) in [6, 6.07) is -0.792. The molecule has 0 radical (unpaired) electrons. The fourth-order valence-corrected chi connectivity index (χ4v) is 1.54. The molecule has 5 heteroatoms. The van der Waals surface area contributed by atoms with Crippen LogP contribution in [-0.4, -0.2) is 17.1 Å². The van der Waals surface area contributed by atoms with E-state index in [2.05, 4.69) is 0 Å². The zero-order chi connectivity index (χ0) is 10.0. The minimum atomic E-state index is -1.75. The Morgan fingerprint density at radius 3 is 2.54 bits per heavy atom. The third-order valence-electron chi connectivity index (χ3n) is 2.34. The molecule has 0 aromatic rings. The summed E-state index contributed by atoms with van der Waals surface area (Å²) in [6.07, 6.45) is -1.28. The standard InChI is InChI=1S/C8H11F2NO2/c9-7(10)5-2-1-4(8(12)13)3-6(5)11/h4,6H,1-3,11H2,(H,12,13)/t4-,6+/m1/s1. The van der Waals surface area contributed by atoms with Crippen LogP contribution in [0.3, 0.4) is 0 Å². The van der Waals surface area contributed by atoms with Crippen molar-refractivity contribution in [2.45, 2.75) is 25.3 Å². The highest BCUT2D eigenvalue weighted by Gasteiger charge is 2.30. The van der Waals surface area contributed by atoms with E-state index in [0.29, 0.717) is 0 Å². The van der Waals surface area contributed by atoms with Gasteiger partial charge in [-0.05, 0) is 19.3 Å². The Balaban J connectivity index is 2.67. The number of aliphatic carboxylic acids is 1. The van der Waals surface area contributed by atoms with E-state index in [0.717, 1.165) is 0 Å². The van der Waals surface area contributed by atoms with E-state index < -0.39 is 24.0 Å². The molecule has 0 aromatic heterocycles. The normalized spacial score (nSPS) is 28.7. The number of rotatable bonds is 1. The first-order chi connectivity index (χ1) is 6.02. The molecule has 0 saturated heterocycles. The molecule has 3 N–H and O–H groups in total. The molecular formula is C8H11F2NO2. The molecule has 1 aliphatic rings. The fraction of sp³-hybridized carbons (Fsp3) is 0.625. The van der Waals surface area contributed by atoms with E-state index in [1.54, 1.807) is 0 Å². The maximum Gasteiger partial charge on any atom is 0.306 e. The van der Waals surface area contributed by atoms with E-state index in [1.807, 2.05) is 0 Å². The van der Waals surface area contributed by atoms with Gasteiger partial charge in [0.2, 0.25) is 0 Å². The summed E-state index contributed by atoms with van der Waals surface area (Å²) in [5, 5.41) is 8.62. The second kappa shape index (κ2) is 3.83. The van der Waals surface area contributed by atoms with Crippen molar-refractivity contribution in [1.29, 1.82) is 0 Å². The SMILES string of the molecule is N[C@H]1C[C@H](C(=O)O)CCC1=C(F)F. The minimum absolute atomic E-state index is 0.0856. The highest BCUT2D eigenvalue weighted by atomic mass is 19.3. The van der Waals surface area contributed by atoms with Crippen LogP contribution in [0, 0.1) is 5.92 Å². The van der Waals surface area contributed by atoms with Gasteiger partial charge in [0.05, 0.1) is 5.92 Å². The number of halogens is 2. The molecule has 0 aromatic carbocycles. The number of nitrogens with two attached hydrogens (primary N) is 1. The second-order valence-corrected chi connectivity index (χ2v) is 3.20. The third-order valence-corrected chi connectivity index (χ3v) is 2.34. The molecule has 3 nitrogen and oxygen atoms in total. The van der Waals surface area contributed by atoms with Crippen LogP contribution in [-0.2, 0) is 4.79 Å². The molecule has 0 heterocycles. The lowest BCUT2D eigenvalue weighted by molar-refractivity contribution is -0.142. The van der Waals surface area contributed by atoms with Gasteiger partial charge in [0, 0.05) is 11.6 Å². The summed E-state index contributed by atoms with van der Waals surface area (Å²) in [4.78, 5) is 10.5. The van der Waals surface area contributed by atoms with Crippen molar-refractivity contribution in [2.24, 2.45) is 11.7 Å². The topological polar surface area (TPSA) is 63.3 Å². The van der Waals surface area contributed by atoms with Crippen LogP contribution in [0.1, 0.15) is 19.3 Å². The molecule has 0 spiro atoms. The first-order valence-electron chi connectivity index (χ1n) is 4.04. The van der Waals surface area contributed by atoms with E-state index >= 15 is 0 Å². The lowest BCUT2D eigenvalue weighted by Gasteiger charge is -2.25. The highest BCUT2D eigenvalue weighted by Crippen LogP contribution is 2.30. The Morgan fingerprint density at radius 2 is 2.15 bits per heavy atom. The average Bonchev–Trinajstić information content (AvgIpc) is 2.03. The molecule has 74 valence electrons. The van der Waals surface area contributed by atoms with Crippen molar-refractivity contribution < 1.29 is 18.7 Å². The Hall–Kier alpha value is -0.970. The monoisotopic (exact) mass is 191 g/mol. The maximum absolute atomic E-state index is 12.2. The van der Waals surface area contributed by atoms with Crippen molar-refractivity contribution >= 4 is 5.97 Å². The molecule has 1 fully saturated rings. The lowest BCUT2D eigenvalue weighted by Crippen LogP contribution is -2.33. The Bertz CT molecular complexity index is 249. The Labute approximate surface area is 74.2 Å². The van der Waals surface area contributed by atoms with Crippen LogP contribution in [0.2, 0.25) is 0 Å². The summed E-state index contributed by atoms with van der Waals surface area (Å²) in [5.74, 6) is -1.52. The molecule has 0 amide bonds. The maximum atomic E-state index is 12.2.